The van der Waals surface area contributed by atoms with Gasteiger partial charge in [-0.3, -0.25) is 4.79 Å². The monoisotopic (exact) mass is 234 g/mol. The molecule has 0 aliphatic carbocycles. The minimum absolute atomic E-state index is 0.0568. The van der Waals surface area contributed by atoms with Gasteiger partial charge in [-0.05, 0) is 23.6 Å². The summed E-state index contributed by atoms with van der Waals surface area (Å²) in [4.78, 5) is 11.8. The van der Waals surface area contributed by atoms with E-state index in [4.69, 9.17) is 4.74 Å². The quantitative estimate of drug-likeness (QED) is 0.827. The van der Waals surface area contributed by atoms with E-state index in [2.05, 4.69) is 0 Å². The fourth-order valence-electron chi connectivity index (χ4n) is 1.32. The third-order valence-corrected chi connectivity index (χ3v) is 2.96. The van der Waals surface area contributed by atoms with Crippen LogP contribution in [0.1, 0.15) is 15.2 Å². The molecule has 3 nitrogen and oxygen atoms in total. The minimum atomic E-state index is -0.0568. The molecule has 0 fully saturated rings. The number of phenolic OH excluding ortho intramolecular Hbond substituents is 1. The molecule has 82 valence electrons. The summed E-state index contributed by atoms with van der Waals surface area (Å²) in [5.74, 6) is 0.349. The molecule has 1 aromatic carbocycles. The van der Waals surface area contributed by atoms with Gasteiger partial charge in [-0.2, -0.15) is 0 Å². The average molecular weight is 234 g/mol. The van der Waals surface area contributed by atoms with Gasteiger partial charge >= 0.3 is 0 Å². The molecule has 0 radical (unpaired) electrons. The predicted octanol–water partition coefficient (Wildman–Crippen LogP) is 2.85. The summed E-state index contributed by atoms with van der Waals surface area (Å²) in [6.45, 7) is 0.405. The van der Waals surface area contributed by atoms with Gasteiger partial charge in [0.15, 0.2) is 6.29 Å². The second-order valence-corrected chi connectivity index (χ2v) is 4.21. The summed E-state index contributed by atoms with van der Waals surface area (Å²) in [5, 5.41) is 11.4. The van der Waals surface area contributed by atoms with E-state index < -0.39 is 0 Å². The summed E-state index contributed by atoms with van der Waals surface area (Å²) in [6.07, 6.45) is 0.596. The molecule has 0 saturated heterocycles. The van der Waals surface area contributed by atoms with Crippen LogP contribution in [-0.2, 0) is 6.61 Å². The number of carbonyl (C=O) groups is 1. The van der Waals surface area contributed by atoms with Crippen molar-refractivity contribution in [3.05, 3.63) is 46.2 Å². The molecular formula is C12H10O3S. The highest BCUT2D eigenvalue weighted by Gasteiger charge is 2.07. The van der Waals surface area contributed by atoms with Gasteiger partial charge < -0.3 is 9.84 Å². The third-order valence-electron chi connectivity index (χ3n) is 2.11. The highest BCUT2D eigenvalue weighted by Crippen LogP contribution is 2.26. The van der Waals surface area contributed by atoms with Crippen LogP contribution in [0.2, 0.25) is 0 Å². The summed E-state index contributed by atoms with van der Waals surface area (Å²) in [5.41, 5.74) is 0.194. The summed E-state index contributed by atoms with van der Waals surface area (Å²) >= 11 is 1.58. The van der Waals surface area contributed by atoms with Crippen molar-refractivity contribution in [2.75, 3.05) is 0 Å². The van der Waals surface area contributed by atoms with Crippen LogP contribution in [0.25, 0.3) is 0 Å². The van der Waals surface area contributed by atoms with Crippen LogP contribution in [0.5, 0.6) is 11.5 Å². The first-order chi connectivity index (χ1) is 7.81. The van der Waals surface area contributed by atoms with Gasteiger partial charge in [0.1, 0.15) is 18.1 Å². The molecule has 2 rings (SSSR count). The lowest BCUT2D eigenvalue weighted by atomic mass is 10.2. The zero-order valence-electron chi connectivity index (χ0n) is 8.42. The van der Waals surface area contributed by atoms with Crippen LogP contribution in [-0.4, -0.2) is 11.4 Å². The van der Waals surface area contributed by atoms with Gasteiger partial charge in [-0.15, -0.1) is 11.3 Å². The van der Waals surface area contributed by atoms with E-state index in [0.29, 0.717) is 18.6 Å². The smallest absolute Gasteiger partial charge is 0.157 e. The number of hydrogen-bond donors (Lipinski definition) is 1. The highest BCUT2D eigenvalue weighted by atomic mass is 32.1. The Hall–Kier alpha value is -1.81. The molecule has 0 aliphatic heterocycles. The number of carbonyl (C=O) groups excluding carboxylic acids is 1. The molecule has 0 atom stereocenters. The summed E-state index contributed by atoms with van der Waals surface area (Å²) in [6, 6.07) is 8.66. The Morgan fingerprint density at radius 1 is 1.31 bits per heavy atom. The van der Waals surface area contributed by atoms with Crippen molar-refractivity contribution in [3.63, 3.8) is 0 Å². The Kier molecular flexibility index (Phi) is 3.22. The number of benzene rings is 1. The zero-order chi connectivity index (χ0) is 11.4. The molecule has 0 saturated carbocycles. The van der Waals surface area contributed by atoms with E-state index in [-0.39, 0.29) is 11.3 Å². The van der Waals surface area contributed by atoms with Gasteiger partial charge in [0.2, 0.25) is 0 Å². The van der Waals surface area contributed by atoms with Crippen LogP contribution in [0.4, 0.5) is 0 Å². The Balaban J connectivity index is 2.15. The maximum Gasteiger partial charge on any atom is 0.157 e. The van der Waals surface area contributed by atoms with Crippen molar-refractivity contribution in [3.8, 4) is 11.5 Å². The standard InChI is InChI=1S/C12H10O3S/c13-7-10-11(14)4-1-5-12(10)15-8-9-3-2-6-16-9/h1-7,14H,8H2. The number of phenols is 1. The van der Waals surface area contributed by atoms with E-state index >= 15 is 0 Å². The molecule has 2 aromatic rings. The van der Waals surface area contributed by atoms with E-state index in [1.165, 1.54) is 6.07 Å². The van der Waals surface area contributed by atoms with Gasteiger partial charge in [0.25, 0.3) is 0 Å². The second kappa shape index (κ2) is 4.81. The number of rotatable bonds is 4. The molecule has 0 amide bonds. The van der Waals surface area contributed by atoms with E-state index in [1.54, 1.807) is 23.5 Å². The van der Waals surface area contributed by atoms with Crippen molar-refractivity contribution in [2.45, 2.75) is 6.61 Å². The number of aldehydes is 1. The number of aromatic hydroxyl groups is 1. The first kappa shape index (κ1) is 10.7. The molecule has 1 N–H and O–H groups in total. The normalized spacial score (nSPS) is 10.0. The largest absolute Gasteiger partial charge is 0.507 e. The van der Waals surface area contributed by atoms with Crippen molar-refractivity contribution in [2.24, 2.45) is 0 Å². The molecular weight excluding hydrogens is 224 g/mol. The molecule has 1 heterocycles. The second-order valence-electron chi connectivity index (χ2n) is 3.17. The maximum atomic E-state index is 10.8. The van der Waals surface area contributed by atoms with Crippen molar-refractivity contribution < 1.29 is 14.6 Å². The predicted molar refractivity (Wildman–Crippen MR) is 62.1 cm³/mol. The Labute approximate surface area is 96.9 Å². The lowest BCUT2D eigenvalue weighted by molar-refractivity contribution is 0.111. The third kappa shape index (κ3) is 2.23. The van der Waals surface area contributed by atoms with Crippen LogP contribution in [0.3, 0.4) is 0 Å². The van der Waals surface area contributed by atoms with E-state index in [9.17, 15) is 9.90 Å². The number of ether oxygens (including phenoxy) is 1. The van der Waals surface area contributed by atoms with Crippen molar-refractivity contribution in [1.29, 1.82) is 0 Å². The topological polar surface area (TPSA) is 46.5 Å². The average Bonchev–Trinajstić information content (AvgIpc) is 2.79. The first-order valence-electron chi connectivity index (χ1n) is 4.73. The minimum Gasteiger partial charge on any atom is -0.507 e. The molecule has 0 spiro atoms. The van der Waals surface area contributed by atoms with Gasteiger partial charge in [-0.1, -0.05) is 12.1 Å². The first-order valence-corrected chi connectivity index (χ1v) is 5.61. The molecule has 16 heavy (non-hydrogen) atoms. The lowest BCUT2D eigenvalue weighted by Crippen LogP contribution is -1.96. The molecule has 0 bridgehead atoms. The highest BCUT2D eigenvalue weighted by molar-refractivity contribution is 7.09. The fourth-order valence-corrected chi connectivity index (χ4v) is 1.94. The van der Waals surface area contributed by atoms with Gasteiger partial charge in [0.05, 0.1) is 5.56 Å². The Bertz CT molecular complexity index is 477. The molecule has 0 unspecified atom stereocenters. The van der Waals surface area contributed by atoms with Crippen LogP contribution in [0.15, 0.2) is 35.7 Å². The summed E-state index contributed by atoms with van der Waals surface area (Å²) < 4.78 is 5.47. The van der Waals surface area contributed by atoms with E-state index in [0.717, 1.165) is 4.88 Å². The Morgan fingerprint density at radius 3 is 2.88 bits per heavy atom. The lowest BCUT2D eigenvalue weighted by Gasteiger charge is -2.07. The van der Waals surface area contributed by atoms with Crippen LogP contribution >= 0.6 is 11.3 Å². The van der Waals surface area contributed by atoms with Gasteiger partial charge in [0, 0.05) is 4.88 Å². The van der Waals surface area contributed by atoms with Crippen molar-refractivity contribution >= 4 is 17.6 Å². The molecule has 4 heteroatoms. The number of thiophene rings is 1. The zero-order valence-corrected chi connectivity index (χ0v) is 9.24. The van der Waals surface area contributed by atoms with E-state index in [1.807, 2.05) is 17.5 Å². The summed E-state index contributed by atoms with van der Waals surface area (Å²) in [7, 11) is 0. The van der Waals surface area contributed by atoms with Crippen molar-refractivity contribution in [1.82, 2.24) is 0 Å². The fraction of sp³-hybridized carbons (Fsp3) is 0.0833. The number of hydrogen-bond acceptors (Lipinski definition) is 4. The van der Waals surface area contributed by atoms with Gasteiger partial charge in [-0.25, -0.2) is 0 Å². The SMILES string of the molecule is O=Cc1c(O)cccc1OCc1cccs1. The molecule has 1 aromatic heterocycles. The maximum absolute atomic E-state index is 10.8. The Morgan fingerprint density at radius 2 is 2.19 bits per heavy atom. The molecule has 0 aliphatic rings. The van der Waals surface area contributed by atoms with Crippen LogP contribution < -0.4 is 4.74 Å². The van der Waals surface area contributed by atoms with Crippen LogP contribution in [0, 0.1) is 0 Å².